The number of rotatable bonds is 10. The van der Waals surface area contributed by atoms with Gasteiger partial charge in [0.2, 0.25) is 0 Å². The summed E-state index contributed by atoms with van der Waals surface area (Å²) in [6.07, 6.45) is 0. The lowest BCUT2D eigenvalue weighted by Crippen LogP contribution is -2.19. The van der Waals surface area contributed by atoms with E-state index < -0.39 is 30.3 Å². The van der Waals surface area contributed by atoms with E-state index in [4.69, 9.17) is 18.9 Å². The maximum atomic E-state index is 15.0. The van der Waals surface area contributed by atoms with E-state index >= 15 is 4.39 Å². The van der Waals surface area contributed by atoms with E-state index in [1.807, 2.05) is 0 Å². The molecule has 3 aromatic carbocycles. The Balaban J connectivity index is 1.79. The summed E-state index contributed by atoms with van der Waals surface area (Å²) >= 11 is 0. The van der Waals surface area contributed by atoms with E-state index in [9.17, 15) is 19.2 Å². The minimum atomic E-state index is -0.904. The number of carbonyl (C=O) groups is 4. The minimum absolute atomic E-state index is 0.0956. The van der Waals surface area contributed by atoms with Crippen molar-refractivity contribution in [3.8, 4) is 39.5 Å². The van der Waals surface area contributed by atoms with Gasteiger partial charge < -0.3 is 18.9 Å². The SMILES string of the molecule is C=C(C)C(=O)OCC(=O)Oc1ccc(-c2ccc(-c3ccc(OC(=O)C(=C)C)cc3)c(F)c2)cc1OC=O. The van der Waals surface area contributed by atoms with E-state index in [0.717, 1.165) is 0 Å². The molecule has 38 heavy (non-hydrogen) atoms. The Hall–Kier alpha value is -5.05. The topological polar surface area (TPSA) is 105 Å². The van der Waals surface area contributed by atoms with Crippen LogP contribution in [0.4, 0.5) is 4.39 Å². The molecule has 0 aromatic heterocycles. The number of esters is 3. The summed E-state index contributed by atoms with van der Waals surface area (Å²) in [6, 6.07) is 15.2. The fraction of sp³-hybridized carbons (Fsp3) is 0.103. The van der Waals surface area contributed by atoms with Gasteiger partial charge >= 0.3 is 17.9 Å². The largest absolute Gasteiger partial charge is 0.450 e. The van der Waals surface area contributed by atoms with Gasteiger partial charge in [0, 0.05) is 16.7 Å². The van der Waals surface area contributed by atoms with Crippen molar-refractivity contribution in [2.45, 2.75) is 13.8 Å². The summed E-state index contributed by atoms with van der Waals surface area (Å²) in [4.78, 5) is 46.1. The molecule has 0 spiro atoms. The average molecular weight is 518 g/mol. The highest BCUT2D eigenvalue weighted by Gasteiger charge is 2.16. The van der Waals surface area contributed by atoms with Crippen LogP contribution < -0.4 is 14.2 Å². The van der Waals surface area contributed by atoms with Gasteiger partial charge in [-0.15, -0.1) is 0 Å². The van der Waals surface area contributed by atoms with Gasteiger partial charge in [0.1, 0.15) is 11.6 Å². The van der Waals surface area contributed by atoms with Crippen LogP contribution in [0.15, 0.2) is 85.0 Å². The minimum Gasteiger partial charge on any atom is -0.450 e. The number of benzene rings is 3. The molecule has 9 heteroatoms. The van der Waals surface area contributed by atoms with Crippen molar-refractivity contribution in [2.24, 2.45) is 0 Å². The Morgan fingerprint density at radius 3 is 2.00 bits per heavy atom. The molecule has 194 valence electrons. The summed E-state index contributed by atoms with van der Waals surface area (Å²) < 4.78 is 35.0. The fourth-order valence-corrected chi connectivity index (χ4v) is 3.14. The van der Waals surface area contributed by atoms with Crippen molar-refractivity contribution in [1.29, 1.82) is 0 Å². The van der Waals surface area contributed by atoms with Gasteiger partial charge in [0.15, 0.2) is 18.1 Å². The maximum Gasteiger partial charge on any atom is 0.349 e. The second kappa shape index (κ2) is 12.3. The van der Waals surface area contributed by atoms with Gasteiger partial charge in [-0.1, -0.05) is 43.5 Å². The van der Waals surface area contributed by atoms with E-state index in [-0.39, 0.29) is 29.1 Å². The predicted molar refractivity (Wildman–Crippen MR) is 136 cm³/mol. The molecule has 8 nitrogen and oxygen atoms in total. The molecule has 0 aliphatic rings. The first-order valence-corrected chi connectivity index (χ1v) is 11.1. The molecule has 0 saturated heterocycles. The predicted octanol–water partition coefficient (Wildman–Crippen LogP) is 5.20. The lowest BCUT2D eigenvalue weighted by molar-refractivity contribution is -0.150. The molecule has 3 rings (SSSR count). The molecule has 0 amide bonds. The molecule has 0 bridgehead atoms. The normalized spacial score (nSPS) is 10.2. The van der Waals surface area contributed by atoms with Crippen LogP contribution in [0.3, 0.4) is 0 Å². The summed E-state index contributed by atoms with van der Waals surface area (Å²) in [7, 11) is 0. The molecule has 0 heterocycles. The van der Waals surface area contributed by atoms with Gasteiger partial charge in [-0.25, -0.2) is 18.8 Å². The van der Waals surface area contributed by atoms with E-state index in [1.165, 1.54) is 32.0 Å². The van der Waals surface area contributed by atoms with Crippen LogP contribution in [0.25, 0.3) is 22.3 Å². The van der Waals surface area contributed by atoms with Gasteiger partial charge in [-0.3, -0.25) is 4.79 Å². The van der Waals surface area contributed by atoms with E-state index in [0.29, 0.717) is 28.0 Å². The van der Waals surface area contributed by atoms with Crippen LogP contribution in [-0.2, 0) is 23.9 Å². The van der Waals surface area contributed by atoms with Crippen LogP contribution in [0.2, 0.25) is 0 Å². The number of hydrogen-bond donors (Lipinski definition) is 0. The molecule has 0 N–H and O–H groups in total. The van der Waals surface area contributed by atoms with Gasteiger partial charge in [-0.05, 0) is 60.9 Å². The van der Waals surface area contributed by atoms with Crippen molar-refractivity contribution < 1.29 is 42.5 Å². The van der Waals surface area contributed by atoms with Crippen LogP contribution in [0.1, 0.15) is 13.8 Å². The third kappa shape index (κ3) is 7.01. The van der Waals surface area contributed by atoms with E-state index in [2.05, 4.69) is 13.2 Å². The fourth-order valence-electron chi connectivity index (χ4n) is 3.14. The number of hydrogen-bond acceptors (Lipinski definition) is 8. The van der Waals surface area contributed by atoms with Crippen molar-refractivity contribution >= 4 is 24.4 Å². The first-order chi connectivity index (χ1) is 18.1. The molecule has 0 aliphatic carbocycles. The van der Waals surface area contributed by atoms with Crippen molar-refractivity contribution in [2.75, 3.05) is 6.61 Å². The Labute approximate surface area is 217 Å². The number of carbonyl (C=O) groups excluding carboxylic acids is 4. The monoisotopic (exact) mass is 518 g/mol. The molecule has 0 unspecified atom stereocenters. The molecule has 3 aromatic rings. The van der Waals surface area contributed by atoms with Crippen molar-refractivity contribution in [3.05, 3.63) is 90.8 Å². The smallest absolute Gasteiger partial charge is 0.349 e. The van der Waals surface area contributed by atoms with Gasteiger partial charge in [-0.2, -0.15) is 0 Å². The van der Waals surface area contributed by atoms with E-state index in [1.54, 1.807) is 42.5 Å². The lowest BCUT2D eigenvalue weighted by atomic mass is 9.99. The first kappa shape index (κ1) is 27.5. The molecular formula is C29H23FO8. The molecule has 0 radical (unpaired) electrons. The third-order valence-corrected chi connectivity index (χ3v) is 5.04. The van der Waals surface area contributed by atoms with Crippen molar-refractivity contribution in [3.63, 3.8) is 0 Å². The molecule has 0 atom stereocenters. The van der Waals surface area contributed by atoms with Crippen LogP contribution in [0.5, 0.6) is 17.2 Å². The highest BCUT2D eigenvalue weighted by atomic mass is 19.1. The molecule has 0 fully saturated rings. The van der Waals surface area contributed by atoms with Crippen LogP contribution >= 0.6 is 0 Å². The molecule has 0 saturated carbocycles. The zero-order valence-electron chi connectivity index (χ0n) is 20.6. The molecular weight excluding hydrogens is 495 g/mol. The number of ether oxygens (including phenoxy) is 4. The highest BCUT2D eigenvalue weighted by Crippen LogP contribution is 2.35. The van der Waals surface area contributed by atoms with Gasteiger partial charge in [0.25, 0.3) is 6.47 Å². The standard InChI is InChI=1S/C29H23FO8/c1-17(2)28(33)35-15-27(32)38-25-12-8-21(14-26(25)36-16-31)20-7-11-23(24(30)13-20)19-5-9-22(10-6-19)37-29(34)18(3)4/h5-14,16H,1,3,15H2,2,4H3. The Bertz CT molecular complexity index is 1420. The Kier molecular flexibility index (Phi) is 8.89. The van der Waals surface area contributed by atoms with Crippen LogP contribution in [-0.4, -0.2) is 31.0 Å². The summed E-state index contributed by atoms with van der Waals surface area (Å²) in [6.45, 7) is 9.38. The third-order valence-electron chi connectivity index (χ3n) is 5.04. The van der Waals surface area contributed by atoms with Crippen molar-refractivity contribution in [1.82, 2.24) is 0 Å². The second-order valence-electron chi connectivity index (χ2n) is 8.09. The zero-order valence-corrected chi connectivity index (χ0v) is 20.6. The average Bonchev–Trinajstić information content (AvgIpc) is 2.88. The highest BCUT2D eigenvalue weighted by molar-refractivity contribution is 5.89. The number of halogens is 1. The first-order valence-electron chi connectivity index (χ1n) is 11.1. The maximum absolute atomic E-state index is 15.0. The van der Waals surface area contributed by atoms with Crippen LogP contribution in [0, 0.1) is 5.82 Å². The zero-order chi connectivity index (χ0) is 27.8. The Morgan fingerprint density at radius 1 is 0.789 bits per heavy atom. The Morgan fingerprint density at radius 2 is 1.39 bits per heavy atom. The summed E-state index contributed by atoms with van der Waals surface area (Å²) in [5.74, 6) is -2.63. The summed E-state index contributed by atoms with van der Waals surface area (Å²) in [5, 5.41) is 0. The summed E-state index contributed by atoms with van der Waals surface area (Å²) in [5.41, 5.74) is 2.18. The lowest BCUT2D eigenvalue weighted by Gasteiger charge is -2.12. The quantitative estimate of drug-likeness (QED) is 0.156. The molecule has 0 aliphatic heterocycles. The second-order valence-corrected chi connectivity index (χ2v) is 8.09. The van der Waals surface area contributed by atoms with Gasteiger partial charge in [0.05, 0.1) is 0 Å².